The van der Waals surface area contributed by atoms with Gasteiger partial charge in [-0.15, -0.1) is 0 Å². The van der Waals surface area contributed by atoms with Crippen LogP contribution in [0.4, 0.5) is 10.3 Å². The number of H-pyrrole nitrogens is 1. The van der Waals surface area contributed by atoms with Gasteiger partial charge in [0, 0.05) is 42.0 Å². The van der Waals surface area contributed by atoms with Gasteiger partial charge in [0.2, 0.25) is 11.8 Å². The third kappa shape index (κ3) is 2.66. The van der Waals surface area contributed by atoms with Crippen molar-refractivity contribution in [1.82, 2.24) is 24.3 Å². The molecule has 1 aliphatic carbocycles. The number of hydrogen-bond donors (Lipinski definition) is 3. The number of pyridine rings is 1. The number of hydrogen-bond acceptors (Lipinski definition) is 6. The SMILES string of the molecule is COc1nc(N[C@H]2C[C@@](C)(O)C2)nc2[nH]cc(-c3cc(F)c4nccn4c3)c12. The van der Waals surface area contributed by atoms with Gasteiger partial charge in [-0.3, -0.25) is 0 Å². The molecule has 0 saturated heterocycles. The van der Waals surface area contributed by atoms with E-state index < -0.39 is 11.4 Å². The predicted molar refractivity (Wildman–Crippen MR) is 102 cm³/mol. The van der Waals surface area contributed by atoms with Crippen molar-refractivity contribution in [2.45, 2.75) is 31.4 Å². The van der Waals surface area contributed by atoms with E-state index in [0.29, 0.717) is 41.3 Å². The number of ether oxygens (including phenoxy) is 1. The van der Waals surface area contributed by atoms with Crippen LogP contribution >= 0.6 is 0 Å². The fraction of sp³-hybridized carbons (Fsp3) is 0.316. The van der Waals surface area contributed by atoms with Crippen LogP contribution in [0.2, 0.25) is 0 Å². The number of fused-ring (bicyclic) bond motifs is 2. The topological polar surface area (TPSA) is 100 Å². The summed E-state index contributed by atoms with van der Waals surface area (Å²) in [5.74, 6) is 0.405. The number of methoxy groups -OCH3 is 1. The lowest BCUT2D eigenvalue weighted by molar-refractivity contribution is -0.0236. The normalized spacial score (nSPS) is 21.8. The second-order valence-electron chi connectivity index (χ2n) is 7.46. The highest BCUT2D eigenvalue weighted by Gasteiger charge is 2.38. The first-order valence-corrected chi connectivity index (χ1v) is 8.98. The third-order valence-corrected chi connectivity index (χ3v) is 5.15. The minimum Gasteiger partial charge on any atom is -0.480 e. The number of halogens is 1. The number of aromatic nitrogens is 5. The van der Waals surface area contributed by atoms with Crippen molar-refractivity contribution in [2.75, 3.05) is 12.4 Å². The molecule has 0 atom stereocenters. The molecule has 4 heterocycles. The lowest BCUT2D eigenvalue weighted by atomic mass is 9.77. The lowest BCUT2D eigenvalue weighted by Gasteiger charge is -2.41. The van der Waals surface area contributed by atoms with Crippen molar-refractivity contribution >= 4 is 22.6 Å². The van der Waals surface area contributed by atoms with Crippen molar-refractivity contribution in [2.24, 2.45) is 0 Å². The molecule has 0 spiro atoms. The number of aliphatic hydroxyl groups is 1. The monoisotopic (exact) mass is 382 g/mol. The van der Waals surface area contributed by atoms with E-state index in [0.717, 1.165) is 5.56 Å². The Labute approximate surface area is 159 Å². The van der Waals surface area contributed by atoms with E-state index in [1.807, 2.05) is 6.92 Å². The maximum Gasteiger partial charge on any atom is 0.228 e. The minimum absolute atomic E-state index is 0.115. The van der Waals surface area contributed by atoms with E-state index in [-0.39, 0.29) is 11.7 Å². The van der Waals surface area contributed by atoms with Gasteiger partial charge in [-0.25, -0.2) is 9.37 Å². The fourth-order valence-corrected chi connectivity index (χ4v) is 3.86. The Morgan fingerprint density at radius 1 is 1.39 bits per heavy atom. The van der Waals surface area contributed by atoms with Crippen LogP contribution in [-0.2, 0) is 0 Å². The molecule has 0 aromatic carbocycles. The third-order valence-electron chi connectivity index (χ3n) is 5.15. The van der Waals surface area contributed by atoms with Crippen LogP contribution in [0.15, 0.2) is 30.9 Å². The first-order chi connectivity index (χ1) is 13.4. The first-order valence-electron chi connectivity index (χ1n) is 8.98. The Balaban J connectivity index is 1.57. The highest BCUT2D eigenvalue weighted by atomic mass is 19.1. The number of rotatable bonds is 4. The molecule has 28 heavy (non-hydrogen) atoms. The summed E-state index contributed by atoms with van der Waals surface area (Å²) in [4.78, 5) is 16.1. The summed E-state index contributed by atoms with van der Waals surface area (Å²) in [5, 5.41) is 13.8. The van der Waals surface area contributed by atoms with E-state index in [2.05, 4.69) is 25.3 Å². The summed E-state index contributed by atoms with van der Waals surface area (Å²) in [6.45, 7) is 1.81. The standard InChI is InChI=1S/C19H19FN6O2/c1-19(27)6-11(7-19)23-18-24-15-14(17(25-18)28-2)12(8-22-15)10-5-13(20)16-21-3-4-26(16)9-10/h3-5,8-9,11,27H,6-7H2,1-2H3,(H2,22,23,24,25)/t11-,19+. The zero-order valence-electron chi connectivity index (χ0n) is 15.4. The Kier molecular flexibility index (Phi) is 3.57. The van der Waals surface area contributed by atoms with Crippen molar-refractivity contribution in [3.8, 4) is 17.0 Å². The van der Waals surface area contributed by atoms with E-state index in [4.69, 9.17) is 4.74 Å². The average Bonchev–Trinajstić information content (AvgIpc) is 3.26. The zero-order valence-corrected chi connectivity index (χ0v) is 15.4. The van der Waals surface area contributed by atoms with Crippen molar-refractivity contribution < 1.29 is 14.2 Å². The van der Waals surface area contributed by atoms with Crippen LogP contribution < -0.4 is 10.1 Å². The summed E-state index contributed by atoms with van der Waals surface area (Å²) in [7, 11) is 1.54. The molecule has 0 aliphatic heterocycles. The van der Waals surface area contributed by atoms with Gasteiger partial charge in [-0.2, -0.15) is 9.97 Å². The molecule has 4 aromatic rings. The predicted octanol–water partition coefficient (Wildman–Crippen LogP) is 2.75. The van der Waals surface area contributed by atoms with E-state index >= 15 is 0 Å². The molecular weight excluding hydrogens is 363 g/mol. The number of nitrogens with zero attached hydrogens (tertiary/aromatic N) is 4. The van der Waals surface area contributed by atoms with Crippen LogP contribution in [-0.4, -0.2) is 48.2 Å². The molecule has 144 valence electrons. The summed E-state index contributed by atoms with van der Waals surface area (Å²) in [6, 6.07) is 1.55. The smallest absolute Gasteiger partial charge is 0.228 e. The van der Waals surface area contributed by atoms with Gasteiger partial charge in [0.1, 0.15) is 5.65 Å². The largest absolute Gasteiger partial charge is 0.480 e. The number of nitrogens with one attached hydrogen (secondary N) is 2. The maximum absolute atomic E-state index is 14.4. The Morgan fingerprint density at radius 2 is 2.21 bits per heavy atom. The van der Waals surface area contributed by atoms with Gasteiger partial charge in [-0.1, -0.05) is 0 Å². The Bertz CT molecular complexity index is 1190. The molecule has 3 N–H and O–H groups in total. The van der Waals surface area contributed by atoms with E-state index in [1.165, 1.54) is 13.2 Å². The number of aromatic amines is 1. The molecule has 8 nitrogen and oxygen atoms in total. The van der Waals surface area contributed by atoms with Crippen LogP contribution in [0.25, 0.3) is 27.8 Å². The molecule has 1 fully saturated rings. The van der Waals surface area contributed by atoms with Crippen LogP contribution in [0.5, 0.6) is 5.88 Å². The summed E-state index contributed by atoms with van der Waals surface area (Å²) < 4.78 is 21.5. The highest BCUT2D eigenvalue weighted by Crippen LogP contribution is 2.37. The minimum atomic E-state index is -0.637. The average molecular weight is 382 g/mol. The quantitative estimate of drug-likeness (QED) is 0.502. The van der Waals surface area contributed by atoms with Crippen LogP contribution in [0.1, 0.15) is 19.8 Å². The van der Waals surface area contributed by atoms with Gasteiger partial charge < -0.3 is 24.5 Å². The fourth-order valence-electron chi connectivity index (χ4n) is 3.86. The summed E-state index contributed by atoms with van der Waals surface area (Å²) in [5.41, 5.74) is 1.62. The summed E-state index contributed by atoms with van der Waals surface area (Å²) >= 11 is 0. The maximum atomic E-state index is 14.4. The van der Waals surface area contributed by atoms with Gasteiger partial charge in [0.15, 0.2) is 11.5 Å². The molecule has 0 amide bonds. The van der Waals surface area contributed by atoms with Gasteiger partial charge in [-0.05, 0) is 25.8 Å². The van der Waals surface area contributed by atoms with Gasteiger partial charge in [0.25, 0.3) is 0 Å². The molecular formula is C19H19FN6O2. The molecule has 1 aliphatic rings. The number of anilines is 1. The lowest BCUT2D eigenvalue weighted by Crippen LogP contribution is -2.48. The molecule has 4 aromatic heterocycles. The van der Waals surface area contributed by atoms with E-state index in [1.54, 1.807) is 29.2 Å². The molecule has 1 saturated carbocycles. The summed E-state index contributed by atoms with van der Waals surface area (Å²) in [6.07, 6.45) is 8.08. The Hall–Kier alpha value is -3.20. The molecule has 5 rings (SSSR count). The van der Waals surface area contributed by atoms with Gasteiger partial charge in [0.05, 0.1) is 18.1 Å². The second-order valence-corrected chi connectivity index (χ2v) is 7.46. The first kappa shape index (κ1) is 16.9. The van der Waals surface area contributed by atoms with E-state index in [9.17, 15) is 9.50 Å². The molecule has 0 bridgehead atoms. The molecule has 0 radical (unpaired) electrons. The van der Waals surface area contributed by atoms with Crippen molar-refractivity contribution in [1.29, 1.82) is 0 Å². The highest BCUT2D eigenvalue weighted by molar-refractivity contribution is 5.97. The van der Waals surface area contributed by atoms with Crippen LogP contribution in [0, 0.1) is 5.82 Å². The second kappa shape index (κ2) is 5.90. The molecule has 9 heteroatoms. The number of imidazole rings is 1. The van der Waals surface area contributed by atoms with Crippen molar-refractivity contribution in [3.63, 3.8) is 0 Å². The Morgan fingerprint density at radius 3 is 2.96 bits per heavy atom. The van der Waals surface area contributed by atoms with Crippen molar-refractivity contribution in [3.05, 3.63) is 36.7 Å². The zero-order chi connectivity index (χ0) is 19.5. The van der Waals surface area contributed by atoms with Gasteiger partial charge >= 0.3 is 0 Å². The molecule has 0 unspecified atom stereocenters. The van der Waals surface area contributed by atoms with Crippen LogP contribution in [0.3, 0.4) is 0 Å².